The smallest absolute Gasteiger partial charge is 0.253 e. The SMILES string of the molecule is Cc1cc(C(=O)NCC2COC(C)(C)O2)c(C)nn1. The molecule has 2 rings (SSSR count). The lowest BCUT2D eigenvalue weighted by atomic mass is 10.2. The largest absolute Gasteiger partial charge is 0.349 e. The Morgan fingerprint density at radius 1 is 1.47 bits per heavy atom. The Morgan fingerprint density at radius 3 is 2.84 bits per heavy atom. The van der Waals surface area contributed by atoms with Gasteiger partial charge in [-0.3, -0.25) is 4.79 Å². The number of hydrogen-bond donors (Lipinski definition) is 1. The summed E-state index contributed by atoms with van der Waals surface area (Å²) in [5.41, 5.74) is 1.88. The number of amides is 1. The number of aromatic nitrogens is 2. The van der Waals surface area contributed by atoms with Gasteiger partial charge in [-0.2, -0.15) is 10.2 Å². The fourth-order valence-electron chi connectivity index (χ4n) is 1.95. The third-order valence-electron chi connectivity index (χ3n) is 2.90. The summed E-state index contributed by atoms with van der Waals surface area (Å²) in [4.78, 5) is 12.1. The van der Waals surface area contributed by atoms with Crippen molar-refractivity contribution in [1.82, 2.24) is 15.5 Å². The minimum atomic E-state index is -0.569. The predicted octanol–water partition coefficient (Wildman–Crippen LogP) is 0.975. The van der Waals surface area contributed by atoms with Crippen LogP contribution in [0, 0.1) is 13.8 Å². The summed E-state index contributed by atoms with van der Waals surface area (Å²) in [5, 5.41) is 10.7. The number of ether oxygens (including phenoxy) is 2. The molecule has 19 heavy (non-hydrogen) atoms. The molecule has 6 heteroatoms. The predicted molar refractivity (Wildman–Crippen MR) is 68.7 cm³/mol. The van der Waals surface area contributed by atoms with E-state index in [1.807, 2.05) is 13.8 Å². The summed E-state index contributed by atoms with van der Waals surface area (Å²) in [7, 11) is 0. The van der Waals surface area contributed by atoms with Crippen LogP contribution in [0.2, 0.25) is 0 Å². The van der Waals surface area contributed by atoms with E-state index in [0.717, 1.165) is 5.69 Å². The van der Waals surface area contributed by atoms with E-state index in [9.17, 15) is 4.79 Å². The summed E-state index contributed by atoms with van der Waals surface area (Å²) in [6.07, 6.45) is -0.116. The third-order valence-corrected chi connectivity index (χ3v) is 2.90. The van der Waals surface area contributed by atoms with Gasteiger partial charge in [0.1, 0.15) is 6.10 Å². The van der Waals surface area contributed by atoms with E-state index in [0.29, 0.717) is 24.4 Å². The summed E-state index contributed by atoms with van der Waals surface area (Å²) in [5.74, 6) is -0.732. The van der Waals surface area contributed by atoms with Crippen molar-refractivity contribution in [3.05, 3.63) is 23.0 Å². The molecule has 0 aliphatic carbocycles. The van der Waals surface area contributed by atoms with Gasteiger partial charge in [0.05, 0.1) is 23.6 Å². The molecule has 1 atom stereocenters. The van der Waals surface area contributed by atoms with Crippen LogP contribution in [-0.4, -0.2) is 41.1 Å². The van der Waals surface area contributed by atoms with E-state index in [2.05, 4.69) is 15.5 Å². The molecule has 1 aromatic rings. The molecular weight excluding hydrogens is 246 g/mol. The highest BCUT2D eigenvalue weighted by molar-refractivity contribution is 5.95. The van der Waals surface area contributed by atoms with Gasteiger partial charge in [0.25, 0.3) is 5.91 Å². The van der Waals surface area contributed by atoms with Gasteiger partial charge >= 0.3 is 0 Å². The normalized spacial score (nSPS) is 21.4. The molecule has 0 bridgehead atoms. The van der Waals surface area contributed by atoms with Crippen molar-refractivity contribution in [3.63, 3.8) is 0 Å². The lowest BCUT2D eigenvalue weighted by molar-refractivity contribution is -0.137. The molecule has 6 nitrogen and oxygen atoms in total. The number of carbonyl (C=O) groups excluding carboxylic acids is 1. The maximum atomic E-state index is 12.1. The highest BCUT2D eigenvalue weighted by Gasteiger charge is 2.32. The third kappa shape index (κ3) is 3.48. The fraction of sp³-hybridized carbons (Fsp3) is 0.615. The summed E-state index contributed by atoms with van der Waals surface area (Å²) in [6, 6.07) is 1.73. The Labute approximate surface area is 112 Å². The first-order valence-corrected chi connectivity index (χ1v) is 6.28. The van der Waals surface area contributed by atoms with Gasteiger partial charge < -0.3 is 14.8 Å². The minimum Gasteiger partial charge on any atom is -0.349 e. The van der Waals surface area contributed by atoms with E-state index in [4.69, 9.17) is 9.47 Å². The summed E-state index contributed by atoms with van der Waals surface area (Å²) in [6.45, 7) is 8.19. The molecule has 104 valence electrons. The Bertz CT molecular complexity index is 488. The van der Waals surface area contributed by atoms with Crippen molar-refractivity contribution in [2.45, 2.75) is 39.6 Å². The molecule has 1 saturated heterocycles. The number of rotatable bonds is 3. The molecule has 0 saturated carbocycles. The van der Waals surface area contributed by atoms with Gasteiger partial charge in [-0.15, -0.1) is 0 Å². The first-order chi connectivity index (χ1) is 8.87. The second-order valence-corrected chi connectivity index (χ2v) is 5.15. The Hall–Kier alpha value is -1.53. The first kappa shape index (κ1) is 13.9. The summed E-state index contributed by atoms with van der Waals surface area (Å²) >= 11 is 0. The molecule has 1 amide bonds. The number of hydrogen-bond acceptors (Lipinski definition) is 5. The van der Waals surface area contributed by atoms with Crippen molar-refractivity contribution in [2.75, 3.05) is 13.2 Å². The Morgan fingerprint density at radius 2 is 2.21 bits per heavy atom. The standard InChI is InChI=1S/C13H19N3O3/c1-8-5-11(9(2)16-15-8)12(17)14-6-10-7-18-13(3,4)19-10/h5,10H,6-7H2,1-4H3,(H,14,17). The van der Waals surface area contributed by atoms with Gasteiger partial charge in [-0.05, 0) is 33.8 Å². The Balaban J connectivity index is 1.93. The summed E-state index contributed by atoms with van der Waals surface area (Å²) < 4.78 is 11.1. The van der Waals surface area contributed by atoms with Crippen LogP contribution in [0.3, 0.4) is 0 Å². The van der Waals surface area contributed by atoms with Gasteiger partial charge in [0, 0.05) is 6.54 Å². The molecule has 1 aromatic heterocycles. The minimum absolute atomic E-state index is 0.116. The maximum absolute atomic E-state index is 12.1. The van der Waals surface area contributed by atoms with Gasteiger partial charge in [-0.1, -0.05) is 0 Å². The number of carbonyl (C=O) groups is 1. The van der Waals surface area contributed by atoms with Gasteiger partial charge in [0.2, 0.25) is 0 Å². The average Bonchev–Trinajstić information content (AvgIpc) is 2.69. The van der Waals surface area contributed by atoms with Crippen molar-refractivity contribution in [2.24, 2.45) is 0 Å². The number of aryl methyl sites for hydroxylation is 2. The number of nitrogens with zero attached hydrogens (tertiary/aromatic N) is 2. The molecule has 1 aliphatic rings. The van der Waals surface area contributed by atoms with Crippen LogP contribution in [0.15, 0.2) is 6.07 Å². The molecule has 0 spiro atoms. The highest BCUT2D eigenvalue weighted by atomic mass is 16.7. The van der Waals surface area contributed by atoms with Crippen LogP contribution in [0.25, 0.3) is 0 Å². The van der Waals surface area contributed by atoms with E-state index >= 15 is 0 Å². The van der Waals surface area contributed by atoms with Crippen molar-refractivity contribution >= 4 is 5.91 Å². The molecule has 1 unspecified atom stereocenters. The topological polar surface area (TPSA) is 73.3 Å². The maximum Gasteiger partial charge on any atom is 0.253 e. The second kappa shape index (κ2) is 5.22. The van der Waals surface area contributed by atoms with E-state index < -0.39 is 5.79 Å². The van der Waals surface area contributed by atoms with Gasteiger partial charge in [0.15, 0.2) is 5.79 Å². The van der Waals surface area contributed by atoms with Crippen LogP contribution in [0.4, 0.5) is 0 Å². The monoisotopic (exact) mass is 265 g/mol. The van der Waals surface area contributed by atoms with Crippen LogP contribution in [-0.2, 0) is 9.47 Å². The van der Waals surface area contributed by atoms with Crippen molar-refractivity contribution in [3.8, 4) is 0 Å². The quantitative estimate of drug-likeness (QED) is 0.881. The van der Waals surface area contributed by atoms with E-state index in [-0.39, 0.29) is 12.0 Å². The van der Waals surface area contributed by atoms with Crippen LogP contribution < -0.4 is 5.32 Å². The highest BCUT2D eigenvalue weighted by Crippen LogP contribution is 2.21. The first-order valence-electron chi connectivity index (χ1n) is 6.28. The van der Waals surface area contributed by atoms with Gasteiger partial charge in [-0.25, -0.2) is 0 Å². The fourth-order valence-corrected chi connectivity index (χ4v) is 1.95. The molecule has 0 radical (unpaired) electrons. The molecule has 1 N–H and O–H groups in total. The molecular formula is C13H19N3O3. The zero-order valence-corrected chi connectivity index (χ0v) is 11.7. The van der Waals surface area contributed by atoms with Crippen LogP contribution in [0.5, 0.6) is 0 Å². The van der Waals surface area contributed by atoms with E-state index in [1.165, 1.54) is 0 Å². The number of nitrogens with one attached hydrogen (secondary N) is 1. The Kier molecular flexibility index (Phi) is 3.82. The van der Waals surface area contributed by atoms with Crippen LogP contribution in [0.1, 0.15) is 35.6 Å². The second-order valence-electron chi connectivity index (χ2n) is 5.15. The van der Waals surface area contributed by atoms with Crippen molar-refractivity contribution < 1.29 is 14.3 Å². The molecule has 1 fully saturated rings. The van der Waals surface area contributed by atoms with E-state index in [1.54, 1.807) is 19.9 Å². The molecule has 0 aromatic carbocycles. The lowest BCUT2D eigenvalue weighted by Crippen LogP contribution is -2.35. The zero-order valence-electron chi connectivity index (χ0n) is 11.7. The van der Waals surface area contributed by atoms with Crippen LogP contribution >= 0.6 is 0 Å². The zero-order chi connectivity index (χ0) is 14.0. The average molecular weight is 265 g/mol. The lowest BCUT2D eigenvalue weighted by Gasteiger charge is -2.17. The molecule has 2 heterocycles. The molecule has 1 aliphatic heterocycles. The van der Waals surface area contributed by atoms with Crippen molar-refractivity contribution in [1.29, 1.82) is 0 Å².